The lowest BCUT2D eigenvalue weighted by Gasteiger charge is -2.37. The number of unbranched alkanes of at least 4 members (excludes halogenated alkanes) is 2. The topological polar surface area (TPSA) is 225 Å². The lowest BCUT2D eigenvalue weighted by Crippen LogP contribution is -2.52. The molecule has 0 saturated carbocycles. The Morgan fingerprint density at radius 3 is 2.45 bits per heavy atom. The van der Waals surface area contributed by atoms with E-state index in [4.69, 9.17) is 19.2 Å². The summed E-state index contributed by atoms with van der Waals surface area (Å²) in [6.07, 6.45) is 9.02. The molecule has 4 aliphatic rings. The van der Waals surface area contributed by atoms with Gasteiger partial charge in [-0.2, -0.15) is 5.10 Å². The number of H-pyrrole nitrogens is 1. The van der Waals surface area contributed by atoms with Gasteiger partial charge in [-0.3, -0.25) is 39.4 Å². The van der Waals surface area contributed by atoms with E-state index in [1.165, 1.54) is 0 Å². The number of carbonyl (C=O) groups is 5. The number of aromatic amines is 1. The number of anilines is 2. The van der Waals surface area contributed by atoms with Crippen molar-refractivity contribution < 1.29 is 38.2 Å². The summed E-state index contributed by atoms with van der Waals surface area (Å²) in [5.74, 6) is 0.999. The van der Waals surface area contributed by atoms with Gasteiger partial charge in [0.1, 0.15) is 18.4 Å². The number of pyridine rings is 1. The van der Waals surface area contributed by atoms with Crippen molar-refractivity contribution in [1.82, 2.24) is 45.9 Å². The van der Waals surface area contributed by atoms with Crippen LogP contribution in [0.15, 0.2) is 91.3 Å². The van der Waals surface area contributed by atoms with Crippen molar-refractivity contribution in [3.05, 3.63) is 119 Å². The number of aromatic nitrogens is 4. The second-order valence-corrected chi connectivity index (χ2v) is 19.1. The fourth-order valence-electron chi connectivity index (χ4n) is 9.89. The van der Waals surface area contributed by atoms with Crippen molar-refractivity contribution in [2.24, 2.45) is 0 Å². The summed E-state index contributed by atoms with van der Waals surface area (Å²) in [4.78, 5) is 78.2. The number of piperazine rings is 1. The molecule has 0 spiro atoms. The van der Waals surface area contributed by atoms with Gasteiger partial charge in [0, 0.05) is 99.4 Å². The number of amides is 5. The first-order valence-electron chi connectivity index (χ1n) is 25.5. The van der Waals surface area contributed by atoms with E-state index in [1.54, 1.807) is 17.3 Å². The van der Waals surface area contributed by atoms with E-state index < -0.39 is 17.5 Å². The van der Waals surface area contributed by atoms with Crippen LogP contribution < -0.4 is 30.9 Å². The molecule has 6 heterocycles. The zero-order valence-electron chi connectivity index (χ0n) is 41.4. The van der Waals surface area contributed by atoms with E-state index in [1.807, 2.05) is 90.7 Å². The van der Waals surface area contributed by atoms with Crippen LogP contribution in [0.5, 0.6) is 5.75 Å². The fraction of sp³-hybridized carbons (Fsp3) is 0.444. The molecule has 384 valence electrons. The highest BCUT2D eigenvalue weighted by atomic mass is 16.5. The Bertz CT molecular complexity index is 2720. The van der Waals surface area contributed by atoms with Crippen LogP contribution >= 0.6 is 0 Å². The molecule has 2 atom stereocenters. The standard InChI is InChI=1S/C54H65N11O8/c1-37(57-50(68)40-9-5-10-42(32-40)60-54(18-22-56-23-19-54)53-59-49(61-62-53)38-16-20-55-21-17-38)39-8-6-11-44(34-39)73-31-4-2-3-28-71-29-7-30-72-36-48(67)64-26-24-63(25-27-64)43-12-13-45-41(33-43)35-65(52(45)70)46-14-15-47(66)58-51(46)69/h5-6,8-13,16-17,20-21,32-34,37,46,56,60H,2-4,7,14-15,18-19,22-31,35-36H2,1H3,(H,57,68)(H,58,66,69)(H,59,61,62)/t37-,46?/m0/s1. The van der Waals surface area contributed by atoms with Crippen molar-refractivity contribution in [1.29, 1.82) is 0 Å². The molecule has 0 radical (unpaired) electrons. The molecule has 0 bridgehead atoms. The monoisotopic (exact) mass is 996 g/mol. The number of benzene rings is 3. The maximum atomic E-state index is 13.6. The number of ether oxygens (including phenoxy) is 3. The molecule has 1 unspecified atom stereocenters. The summed E-state index contributed by atoms with van der Waals surface area (Å²) in [5, 5.41) is 20.4. The van der Waals surface area contributed by atoms with Crippen molar-refractivity contribution in [3.63, 3.8) is 0 Å². The van der Waals surface area contributed by atoms with E-state index in [9.17, 15) is 24.0 Å². The van der Waals surface area contributed by atoms with E-state index in [0.717, 1.165) is 84.8 Å². The maximum absolute atomic E-state index is 13.6. The van der Waals surface area contributed by atoms with Gasteiger partial charge in [-0.15, -0.1) is 0 Å². The van der Waals surface area contributed by atoms with Gasteiger partial charge in [-0.1, -0.05) is 18.2 Å². The van der Waals surface area contributed by atoms with Crippen LogP contribution in [0.25, 0.3) is 11.4 Å². The van der Waals surface area contributed by atoms with Crippen molar-refractivity contribution >= 4 is 40.9 Å². The molecule has 3 aromatic carbocycles. The first-order chi connectivity index (χ1) is 35.6. The van der Waals surface area contributed by atoms with Gasteiger partial charge in [0.05, 0.1) is 18.2 Å². The van der Waals surface area contributed by atoms with E-state index in [-0.39, 0.29) is 42.7 Å². The number of fused-ring (bicyclic) bond motifs is 1. The number of hydrogen-bond acceptors (Lipinski definition) is 14. The number of piperidine rings is 2. The summed E-state index contributed by atoms with van der Waals surface area (Å²) >= 11 is 0. The Labute approximate surface area is 425 Å². The normalized spacial score (nSPS) is 18.0. The predicted octanol–water partition coefficient (Wildman–Crippen LogP) is 5.13. The number of rotatable bonds is 22. The fourth-order valence-corrected chi connectivity index (χ4v) is 9.89. The molecule has 5 N–H and O–H groups in total. The molecule has 73 heavy (non-hydrogen) atoms. The summed E-state index contributed by atoms with van der Waals surface area (Å²) in [5.41, 5.74) is 5.14. The van der Waals surface area contributed by atoms with Gasteiger partial charge >= 0.3 is 0 Å². The van der Waals surface area contributed by atoms with Gasteiger partial charge in [0.2, 0.25) is 17.7 Å². The Balaban J connectivity index is 0.618. The predicted molar refractivity (Wildman–Crippen MR) is 273 cm³/mol. The van der Waals surface area contributed by atoms with Gasteiger partial charge in [0.25, 0.3) is 11.8 Å². The first kappa shape index (κ1) is 50.7. The van der Waals surface area contributed by atoms with Crippen LogP contribution in [0.4, 0.5) is 11.4 Å². The minimum Gasteiger partial charge on any atom is -0.494 e. The number of carbonyl (C=O) groups excluding carboxylic acids is 5. The third kappa shape index (κ3) is 12.7. The van der Waals surface area contributed by atoms with Gasteiger partial charge < -0.3 is 44.9 Å². The van der Waals surface area contributed by atoms with Crippen LogP contribution in [0.2, 0.25) is 0 Å². The molecule has 5 aromatic rings. The van der Waals surface area contributed by atoms with Crippen LogP contribution in [0.1, 0.15) is 102 Å². The molecular weight excluding hydrogens is 931 g/mol. The molecule has 0 aliphatic carbocycles. The Morgan fingerprint density at radius 2 is 1.63 bits per heavy atom. The molecule has 3 saturated heterocycles. The lowest BCUT2D eigenvalue weighted by atomic mass is 9.87. The average Bonchev–Trinajstić information content (AvgIpc) is 4.05. The quantitative estimate of drug-likeness (QED) is 0.0448. The van der Waals surface area contributed by atoms with Gasteiger partial charge in [-0.25, -0.2) is 4.98 Å². The Morgan fingerprint density at radius 1 is 0.849 bits per heavy atom. The Kier molecular flexibility index (Phi) is 16.7. The number of imide groups is 1. The Hall–Kier alpha value is -7.22. The molecule has 2 aromatic heterocycles. The molecule has 3 fully saturated rings. The second kappa shape index (κ2) is 24.0. The number of nitrogens with zero attached hydrogens (tertiary/aromatic N) is 6. The molecule has 19 nitrogen and oxygen atoms in total. The molecule has 19 heteroatoms. The molecular formula is C54H65N11O8. The molecule has 4 aliphatic heterocycles. The van der Waals surface area contributed by atoms with Crippen molar-refractivity contribution in [2.75, 3.05) is 82.5 Å². The number of nitrogens with one attached hydrogen (secondary N) is 5. The SMILES string of the molecule is C[C@H](NC(=O)c1cccc(NC2(c3nc(-c4ccncc4)n[nH]3)CCNCC2)c1)c1cccc(OCCCCCOCCCOCC(=O)N2CCN(c3ccc4c(c3)CN(C3CCC(=O)NC3=O)C4=O)CC2)c1. The summed E-state index contributed by atoms with van der Waals surface area (Å²) in [6.45, 7) is 8.61. The van der Waals surface area contributed by atoms with Gasteiger partial charge in [0.15, 0.2) is 11.6 Å². The van der Waals surface area contributed by atoms with Crippen LogP contribution in [0.3, 0.4) is 0 Å². The first-order valence-corrected chi connectivity index (χ1v) is 25.5. The largest absolute Gasteiger partial charge is 0.494 e. The highest BCUT2D eigenvalue weighted by Crippen LogP contribution is 2.35. The third-order valence-corrected chi connectivity index (χ3v) is 14.1. The van der Waals surface area contributed by atoms with E-state index >= 15 is 0 Å². The van der Waals surface area contributed by atoms with E-state index in [0.29, 0.717) is 88.9 Å². The van der Waals surface area contributed by atoms with Crippen molar-refractivity contribution in [3.8, 4) is 17.1 Å². The summed E-state index contributed by atoms with van der Waals surface area (Å²) < 4.78 is 17.6. The summed E-state index contributed by atoms with van der Waals surface area (Å²) in [7, 11) is 0. The maximum Gasteiger partial charge on any atom is 0.255 e. The second-order valence-electron chi connectivity index (χ2n) is 19.1. The van der Waals surface area contributed by atoms with Crippen LogP contribution in [-0.2, 0) is 35.9 Å². The molecule has 5 amide bonds. The van der Waals surface area contributed by atoms with E-state index in [2.05, 4.69) is 41.3 Å². The average molecular weight is 996 g/mol. The number of hydrogen-bond donors (Lipinski definition) is 5. The van der Waals surface area contributed by atoms with Crippen molar-refractivity contribution in [2.45, 2.75) is 82.5 Å². The lowest BCUT2D eigenvalue weighted by molar-refractivity contribution is -0.137. The highest BCUT2D eigenvalue weighted by molar-refractivity contribution is 6.05. The third-order valence-electron chi connectivity index (χ3n) is 14.1. The van der Waals surface area contributed by atoms with Crippen LogP contribution in [-0.4, -0.2) is 138 Å². The van der Waals surface area contributed by atoms with Crippen LogP contribution in [0, 0.1) is 0 Å². The molecule has 9 rings (SSSR count). The minimum atomic E-state index is -0.644. The summed E-state index contributed by atoms with van der Waals surface area (Å²) in [6, 6.07) is 24.0. The highest BCUT2D eigenvalue weighted by Gasteiger charge is 2.40. The zero-order chi connectivity index (χ0) is 50.6. The zero-order valence-corrected chi connectivity index (χ0v) is 41.4. The smallest absolute Gasteiger partial charge is 0.255 e. The minimum absolute atomic E-state index is 0.0295. The van der Waals surface area contributed by atoms with Gasteiger partial charge in [-0.05, 0) is 137 Å².